The fraction of sp³-hybridized carbons (Fsp3) is 0.346. The molecule has 0 aliphatic carbocycles. The molecule has 10 heteroatoms. The van der Waals surface area contributed by atoms with Crippen LogP contribution in [0.5, 0.6) is 0 Å². The second-order valence-electron chi connectivity index (χ2n) is 9.65. The van der Waals surface area contributed by atoms with E-state index in [4.69, 9.17) is 0 Å². The average molecular weight is 484 g/mol. The zero-order valence-corrected chi connectivity index (χ0v) is 20.6. The number of fused-ring (bicyclic) bond motifs is 2. The van der Waals surface area contributed by atoms with Gasteiger partial charge in [-0.25, -0.2) is 9.97 Å². The summed E-state index contributed by atoms with van der Waals surface area (Å²) < 4.78 is 4.16. The highest BCUT2D eigenvalue weighted by atomic mass is 16.1. The maximum Gasteiger partial charge on any atom is 0.257 e. The van der Waals surface area contributed by atoms with Crippen molar-refractivity contribution >= 4 is 33.7 Å². The van der Waals surface area contributed by atoms with Crippen molar-refractivity contribution in [3.8, 4) is 11.3 Å². The maximum absolute atomic E-state index is 13.1. The summed E-state index contributed by atoms with van der Waals surface area (Å²) in [7, 11) is 0. The number of aryl methyl sites for hydroxylation is 1. The Morgan fingerprint density at radius 1 is 1.14 bits per heavy atom. The number of carbonyl (C=O) groups is 1. The van der Waals surface area contributed by atoms with Gasteiger partial charge in [0, 0.05) is 35.6 Å². The SMILES string of the molecule is Cc1nc2cnc(-c3c[nH]c4ncc(C(=O)Nc5cnn(C6CCNCC6)c5)cc34)cc2n1C(C)C. The van der Waals surface area contributed by atoms with Crippen LogP contribution < -0.4 is 10.6 Å². The zero-order valence-electron chi connectivity index (χ0n) is 20.6. The molecule has 1 fully saturated rings. The summed E-state index contributed by atoms with van der Waals surface area (Å²) in [6.07, 6.45) is 10.9. The maximum atomic E-state index is 13.1. The minimum Gasteiger partial charge on any atom is -0.345 e. The van der Waals surface area contributed by atoms with E-state index in [0.717, 1.165) is 59.4 Å². The first-order chi connectivity index (χ1) is 17.5. The van der Waals surface area contributed by atoms with Crippen LogP contribution in [0.2, 0.25) is 0 Å². The van der Waals surface area contributed by atoms with E-state index >= 15 is 0 Å². The molecule has 1 amide bonds. The molecule has 0 unspecified atom stereocenters. The fourth-order valence-corrected chi connectivity index (χ4v) is 5.13. The van der Waals surface area contributed by atoms with Gasteiger partial charge in [0.25, 0.3) is 5.91 Å². The number of anilines is 1. The molecule has 0 bridgehead atoms. The van der Waals surface area contributed by atoms with Gasteiger partial charge in [0.1, 0.15) is 17.0 Å². The lowest BCUT2D eigenvalue weighted by Gasteiger charge is -2.22. The average Bonchev–Trinajstić information content (AvgIpc) is 3.60. The van der Waals surface area contributed by atoms with Gasteiger partial charge in [0.2, 0.25) is 0 Å². The molecule has 1 saturated heterocycles. The van der Waals surface area contributed by atoms with Crippen molar-refractivity contribution in [3.63, 3.8) is 0 Å². The number of H-pyrrole nitrogens is 1. The van der Waals surface area contributed by atoms with Gasteiger partial charge in [0.05, 0.1) is 40.9 Å². The Labute approximate surface area is 208 Å². The lowest BCUT2D eigenvalue weighted by Crippen LogP contribution is -2.29. The van der Waals surface area contributed by atoms with Crippen molar-refractivity contribution < 1.29 is 4.79 Å². The normalized spacial score (nSPS) is 14.8. The van der Waals surface area contributed by atoms with Crippen LogP contribution in [0.15, 0.2) is 43.1 Å². The number of rotatable bonds is 5. The van der Waals surface area contributed by atoms with Crippen molar-refractivity contribution in [2.75, 3.05) is 18.4 Å². The quantitative estimate of drug-likeness (QED) is 0.344. The van der Waals surface area contributed by atoms with E-state index in [1.165, 1.54) is 0 Å². The summed E-state index contributed by atoms with van der Waals surface area (Å²) in [5, 5.41) is 11.6. The first-order valence-electron chi connectivity index (χ1n) is 12.4. The molecule has 0 saturated carbocycles. The standard InChI is InChI=1S/C26H29N9O/c1-15(2)35-16(3)32-23-13-28-22(9-24(23)35)21-12-30-25-20(21)8-17(10-29-25)26(36)33-18-11-31-34(14-18)19-4-6-27-7-5-19/h8-15,19,27H,4-7H2,1-3H3,(H,29,30)(H,33,36). The molecule has 3 N–H and O–H groups in total. The van der Waals surface area contributed by atoms with Crippen LogP contribution in [0, 0.1) is 6.92 Å². The number of hydrogen-bond donors (Lipinski definition) is 3. The Morgan fingerprint density at radius 2 is 1.97 bits per heavy atom. The number of piperidine rings is 1. The molecular weight excluding hydrogens is 454 g/mol. The largest absolute Gasteiger partial charge is 0.345 e. The van der Waals surface area contributed by atoms with Gasteiger partial charge in [-0.15, -0.1) is 0 Å². The molecule has 10 nitrogen and oxygen atoms in total. The van der Waals surface area contributed by atoms with Crippen LogP contribution in [0.25, 0.3) is 33.3 Å². The second-order valence-corrected chi connectivity index (χ2v) is 9.65. The summed E-state index contributed by atoms with van der Waals surface area (Å²) in [6.45, 7) is 8.27. The Kier molecular flexibility index (Phi) is 5.52. The smallest absolute Gasteiger partial charge is 0.257 e. The van der Waals surface area contributed by atoms with Crippen LogP contribution in [-0.4, -0.2) is 53.3 Å². The highest BCUT2D eigenvalue weighted by Crippen LogP contribution is 2.30. The Morgan fingerprint density at radius 3 is 2.78 bits per heavy atom. The van der Waals surface area contributed by atoms with E-state index in [9.17, 15) is 4.79 Å². The topological polar surface area (TPSA) is 118 Å². The minimum absolute atomic E-state index is 0.224. The summed E-state index contributed by atoms with van der Waals surface area (Å²) >= 11 is 0. The third kappa shape index (κ3) is 3.93. The number of hydrogen-bond acceptors (Lipinski definition) is 6. The fourth-order valence-electron chi connectivity index (χ4n) is 5.13. The molecule has 5 aromatic heterocycles. The van der Waals surface area contributed by atoms with Gasteiger partial charge >= 0.3 is 0 Å². The van der Waals surface area contributed by atoms with Gasteiger partial charge in [-0.2, -0.15) is 5.10 Å². The van der Waals surface area contributed by atoms with Gasteiger partial charge in [-0.1, -0.05) is 0 Å². The van der Waals surface area contributed by atoms with Gasteiger partial charge in [-0.3, -0.25) is 14.5 Å². The Bertz CT molecular complexity index is 1570. The van der Waals surface area contributed by atoms with Crippen molar-refractivity contribution in [2.45, 2.75) is 45.7 Å². The first kappa shape index (κ1) is 22.4. The molecule has 0 radical (unpaired) electrons. The summed E-state index contributed by atoms with van der Waals surface area (Å²) in [4.78, 5) is 30.1. The monoisotopic (exact) mass is 483 g/mol. The van der Waals surface area contributed by atoms with E-state index in [-0.39, 0.29) is 11.9 Å². The van der Waals surface area contributed by atoms with Crippen molar-refractivity contribution in [1.82, 2.24) is 39.6 Å². The third-order valence-electron chi connectivity index (χ3n) is 6.88. The molecule has 184 valence electrons. The van der Waals surface area contributed by atoms with Gasteiger partial charge < -0.3 is 20.2 Å². The van der Waals surface area contributed by atoms with Gasteiger partial charge in [0.15, 0.2) is 0 Å². The molecule has 36 heavy (non-hydrogen) atoms. The molecule has 1 aliphatic heterocycles. The first-order valence-corrected chi connectivity index (χ1v) is 12.4. The molecular formula is C26H29N9O. The second kappa shape index (κ2) is 8.87. The summed E-state index contributed by atoms with van der Waals surface area (Å²) in [5.41, 5.74) is 5.46. The highest BCUT2D eigenvalue weighted by Gasteiger charge is 2.18. The zero-order chi connectivity index (χ0) is 24.8. The molecule has 1 aliphatic rings. The number of imidazole rings is 1. The predicted molar refractivity (Wildman–Crippen MR) is 139 cm³/mol. The van der Waals surface area contributed by atoms with Crippen molar-refractivity contribution in [3.05, 3.63) is 54.5 Å². The Hall–Kier alpha value is -4.05. The molecule has 6 heterocycles. The number of carbonyl (C=O) groups excluding carboxylic acids is 1. The summed E-state index contributed by atoms with van der Waals surface area (Å²) in [6, 6.07) is 4.56. The number of aromatic nitrogens is 7. The molecule has 0 atom stereocenters. The number of pyridine rings is 2. The predicted octanol–water partition coefficient (Wildman–Crippen LogP) is 4.24. The highest BCUT2D eigenvalue weighted by molar-refractivity contribution is 6.07. The van der Waals surface area contributed by atoms with Crippen molar-refractivity contribution in [2.24, 2.45) is 0 Å². The lowest BCUT2D eigenvalue weighted by atomic mass is 10.1. The molecule has 0 aromatic carbocycles. The molecule has 6 rings (SSSR count). The minimum atomic E-state index is -0.224. The Balaban J connectivity index is 1.30. The van der Waals surface area contributed by atoms with Gasteiger partial charge in [-0.05, 0) is 58.8 Å². The van der Waals surface area contributed by atoms with E-state index in [1.54, 1.807) is 18.6 Å². The lowest BCUT2D eigenvalue weighted by molar-refractivity contribution is 0.102. The van der Waals surface area contributed by atoms with E-state index < -0.39 is 0 Å². The van der Waals surface area contributed by atoms with E-state index in [1.807, 2.05) is 30.1 Å². The van der Waals surface area contributed by atoms with E-state index in [2.05, 4.69) is 60.1 Å². The summed E-state index contributed by atoms with van der Waals surface area (Å²) in [5.74, 6) is 0.736. The van der Waals surface area contributed by atoms with Crippen LogP contribution in [0.3, 0.4) is 0 Å². The number of nitrogens with one attached hydrogen (secondary N) is 3. The van der Waals surface area contributed by atoms with E-state index in [0.29, 0.717) is 22.9 Å². The third-order valence-corrected chi connectivity index (χ3v) is 6.88. The van der Waals surface area contributed by atoms with Crippen LogP contribution >= 0.6 is 0 Å². The van der Waals surface area contributed by atoms with Crippen molar-refractivity contribution in [1.29, 1.82) is 0 Å². The number of nitrogens with zero attached hydrogens (tertiary/aromatic N) is 6. The number of amides is 1. The number of aromatic amines is 1. The van der Waals surface area contributed by atoms with Crippen LogP contribution in [-0.2, 0) is 0 Å². The molecule has 5 aromatic rings. The van der Waals surface area contributed by atoms with Crippen LogP contribution in [0.1, 0.15) is 55.0 Å². The molecule has 0 spiro atoms. The van der Waals surface area contributed by atoms with Crippen LogP contribution in [0.4, 0.5) is 5.69 Å².